The van der Waals surface area contributed by atoms with Crippen LogP contribution in [0.2, 0.25) is 13.1 Å². The minimum Gasteiger partial charge on any atom is -0.200 e. The summed E-state index contributed by atoms with van der Waals surface area (Å²) in [6.07, 6.45) is 13.3. The quantitative estimate of drug-likeness (QED) is 0.193. The molecule has 1 heterocycles. The molecule has 0 aliphatic heterocycles. The summed E-state index contributed by atoms with van der Waals surface area (Å²) in [5, 5.41) is 5.76. The molecule has 0 bridgehead atoms. The summed E-state index contributed by atoms with van der Waals surface area (Å²) in [7, 11) is 0.484. The number of aromatic nitrogens is 1. The third-order valence-electron chi connectivity index (χ3n) is 9.70. The van der Waals surface area contributed by atoms with Gasteiger partial charge in [0.1, 0.15) is 15.1 Å². The number of fused-ring (bicyclic) bond motifs is 1. The third kappa shape index (κ3) is 4.48. The number of benzene rings is 3. The number of rotatable bonds is 5. The molecule has 2 heteroatoms. The topological polar surface area (TPSA) is 3.88 Å². The highest BCUT2D eigenvalue weighted by Crippen LogP contribution is 2.43. The van der Waals surface area contributed by atoms with E-state index in [-0.39, 0.29) is 0 Å². The fourth-order valence-corrected chi connectivity index (χ4v) is 9.66. The van der Waals surface area contributed by atoms with Crippen molar-refractivity contribution in [3.63, 3.8) is 0 Å². The van der Waals surface area contributed by atoms with Crippen molar-refractivity contribution in [1.29, 1.82) is 0 Å². The molecule has 2 saturated carbocycles. The van der Waals surface area contributed by atoms with E-state index in [1.165, 1.54) is 89.3 Å². The lowest BCUT2D eigenvalue weighted by Crippen LogP contribution is -2.52. The smallest absolute Gasteiger partial charge is 0.200 e. The summed E-state index contributed by atoms with van der Waals surface area (Å²) < 4.78 is 2.38. The van der Waals surface area contributed by atoms with Gasteiger partial charge in [-0.3, -0.25) is 0 Å². The zero-order valence-electron chi connectivity index (χ0n) is 23.2. The zero-order chi connectivity index (χ0) is 25.6. The first kappa shape index (κ1) is 24.6. The van der Waals surface area contributed by atoms with Crippen molar-refractivity contribution in [1.82, 2.24) is 0 Å². The van der Waals surface area contributed by atoms with Gasteiger partial charge in [-0.2, -0.15) is 0 Å². The van der Waals surface area contributed by atoms with Crippen LogP contribution < -0.4 is 14.9 Å². The minimum absolute atomic E-state index is 0.740. The average molecular weight is 505 g/mol. The van der Waals surface area contributed by atoms with Crippen molar-refractivity contribution in [3.05, 3.63) is 89.6 Å². The standard InChI is InChI=1S/C35H42NSi/c1-25-33(27-14-10-11-15-27)23-29(26-12-8-9-13-26)24-34(25)35-32-19-18-31(22-28(32)20-21-36(35)2)37(3,4)30-16-6-5-7-17-30/h5-7,16-24,26-27H,8-15H2,1-4H3/q+1. The minimum atomic E-state index is -1.75. The van der Waals surface area contributed by atoms with Crippen molar-refractivity contribution in [2.24, 2.45) is 7.05 Å². The molecule has 190 valence electrons. The van der Waals surface area contributed by atoms with Crippen LogP contribution in [-0.4, -0.2) is 8.07 Å². The van der Waals surface area contributed by atoms with E-state index in [9.17, 15) is 0 Å². The molecule has 0 radical (unpaired) electrons. The summed E-state index contributed by atoms with van der Waals surface area (Å²) in [5.41, 5.74) is 7.61. The second-order valence-electron chi connectivity index (χ2n) is 12.3. The summed E-state index contributed by atoms with van der Waals surface area (Å²) in [6.45, 7) is 7.37. The molecule has 0 unspecified atom stereocenters. The number of pyridine rings is 1. The van der Waals surface area contributed by atoms with Crippen molar-refractivity contribution in [2.45, 2.75) is 83.2 Å². The molecular formula is C35H42NSi+. The number of hydrogen-bond donors (Lipinski definition) is 0. The highest BCUT2D eigenvalue weighted by molar-refractivity contribution is 7.00. The summed E-state index contributed by atoms with van der Waals surface area (Å²) in [5.74, 6) is 1.48. The lowest BCUT2D eigenvalue weighted by molar-refractivity contribution is -0.659. The predicted molar refractivity (Wildman–Crippen MR) is 161 cm³/mol. The van der Waals surface area contributed by atoms with Gasteiger partial charge in [-0.05, 0) is 78.7 Å². The molecule has 4 aromatic rings. The molecule has 2 fully saturated rings. The fourth-order valence-electron chi connectivity index (χ4n) is 7.28. The van der Waals surface area contributed by atoms with Crippen LogP contribution in [-0.2, 0) is 7.05 Å². The van der Waals surface area contributed by atoms with Crippen LogP contribution in [0.1, 0.15) is 79.9 Å². The first-order valence-corrected chi connectivity index (χ1v) is 17.6. The van der Waals surface area contributed by atoms with E-state index in [1.807, 2.05) is 0 Å². The molecule has 1 nitrogen and oxygen atoms in total. The van der Waals surface area contributed by atoms with Crippen LogP contribution in [0.5, 0.6) is 0 Å². The maximum Gasteiger partial charge on any atom is 0.220 e. The Bertz CT molecular complexity index is 1420. The molecular weight excluding hydrogens is 462 g/mol. The Kier molecular flexibility index (Phi) is 6.57. The second-order valence-corrected chi connectivity index (χ2v) is 16.7. The van der Waals surface area contributed by atoms with Gasteiger partial charge in [-0.25, -0.2) is 4.57 Å². The monoisotopic (exact) mass is 504 g/mol. The van der Waals surface area contributed by atoms with E-state index in [0.29, 0.717) is 0 Å². The van der Waals surface area contributed by atoms with Crippen molar-refractivity contribution < 1.29 is 4.57 Å². The molecule has 0 N–H and O–H groups in total. The van der Waals surface area contributed by atoms with Crippen LogP contribution in [0, 0.1) is 6.92 Å². The Balaban J connectivity index is 1.52. The molecule has 0 atom stereocenters. The lowest BCUT2D eigenvalue weighted by Gasteiger charge is -2.24. The Morgan fingerprint density at radius 1 is 0.730 bits per heavy atom. The van der Waals surface area contributed by atoms with E-state index in [0.717, 1.165) is 11.8 Å². The Morgan fingerprint density at radius 2 is 1.41 bits per heavy atom. The van der Waals surface area contributed by atoms with E-state index >= 15 is 0 Å². The average Bonchev–Trinajstić information content (AvgIpc) is 3.65. The fraction of sp³-hybridized carbons (Fsp3) is 0.400. The molecule has 0 spiro atoms. The van der Waals surface area contributed by atoms with E-state index in [2.05, 4.69) is 105 Å². The largest absolute Gasteiger partial charge is 0.220 e. The molecule has 0 saturated heterocycles. The SMILES string of the molecule is Cc1c(-c2c3ccc([Si](C)(C)c4ccccc4)cc3cc[n+]2C)cc(C2CCCC2)cc1C1CCCC1. The van der Waals surface area contributed by atoms with Gasteiger partial charge in [0, 0.05) is 6.07 Å². The molecule has 6 rings (SSSR count). The third-order valence-corrected chi connectivity index (χ3v) is 13.2. The lowest BCUT2D eigenvalue weighted by atomic mass is 9.84. The Hall–Kier alpha value is -2.71. The van der Waals surface area contributed by atoms with Gasteiger partial charge >= 0.3 is 0 Å². The van der Waals surface area contributed by atoms with Crippen molar-refractivity contribution in [3.8, 4) is 11.3 Å². The maximum atomic E-state index is 2.63. The van der Waals surface area contributed by atoms with Gasteiger partial charge in [-0.1, -0.05) is 97.7 Å². The molecule has 37 heavy (non-hydrogen) atoms. The van der Waals surface area contributed by atoms with Gasteiger partial charge < -0.3 is 0 Å². The van der Waals surface area contributed by atoms with Crippen LogP contribution in [0.15, 0.2) is 72.9 Å². The first-order chi connectivity index (χ1) is 17.9. The Labute approximate surface area is 224 Å². The normalized spacial score (nSPS) is 17.2. The number of aryl methyl sites for hydroxylation is 1. The molecule has 1 aromatic heterocycles. The molecule has 2 aliphatic rings. The zero-order valence-corrected chi connectivity index (χ0v) is 24.2. The first-order valence-electron chi connectivity index (χ1n) is 14.6. The van der Waals surface area contributed by atoms with Crippen LogP contribution in [0.3, 0.4) is 0 Å². The van der Waals surface area contributed by atoms with Gasteiger partial charge in [0.25, 0.3) is 0 Å². The van der Waals surface area contributed by atoms with Crippen LogP contribution >= 0.6 is 0 Å². The van der Waals surface area contributed by atoms with Gasteiger partial charge in [0.15, 0.2) is 6.20 Å². The highest BCUT2D eigenvalue weighted by Gasteiger charge is 2.29. The number of nitrogens with zero attached hydrogens (tertiary/aromatic N) is 1. The predicted octanol–water partition coefficient (Wildman–Crippen LogP) is 7.78. The van der Waals surface area contributed by atoms with E-state index in [1.54, 1.807) is 11.1 Å². The van der Waals surface area contributed by atoms with Gasteiger partial charge in [-0.15, -0.1) is 0 Å². The number of hydrogen-bond acceptors (Lipinski definition) is 0. The molecule has 0 amide bonds. The van der Waals surface area contributed by atoms with Crippen molar-refractivity contribution >= 4 is 29.2 Å². The van der Waals surface area contributed by atoms with Gasteiger partial charge in [0.05, 0.1) is 10.9 Å². The summed E-state index contributed by atoms with van der Waals surface area (Å²) in [4.78, 5) is 0. The van der Waals surface area contributed by atoms with Crippen LogP contribution in [0.25, 0.3) is 22.0 Å². The summed E-state index contributed by atoms with van der Waals surface area (Å²) in [6, 6.07) is 26.0. The van der Waals surface area contributed by atoms with Crippen molar-refractivity contribution in [2.75, 3.05) is 0 Å². The molecule has 3 aromatic carbocycles. The Morgan fingerprint density at radius 3 is 2.11 bits per heavy atom. The molecule has 2 aliphatic carbocycles. The highest BCUT2D eigenvalue weighted by atomic mass is 28.3. The van der Waals surface area contributed by atoms with Gasteiger partial charge in [0.2, 0.25) is 5.69 Å². The maximum absolute atomic E-state index is 2.63. The van der Waals surface area contributed by atoms with E-state index < -0.39 is 8.07 Å². The summed E-state index contributed by atoms with van der Waals surface area (Å²) >= 11 is 0. The second kappa shape index (κ2) is 9.87. The van der Waals surface area contributed by atoms with Crippen LogP contribution in [0.4, 0.5) is 0 Å². The van der Waals surface area contributed by atoms with E-state index in [4.69, 9.17) is 0 Å².